The molecule has 1 aromatic heterocycles. The van der Waals surface area contributed by atoms with Crippen molar-refractivity contribution in [2.45, 2.75) is 35.9 Å². The summed E-state index contributed by atoms with van der Waals surface area (Å²) in [6, 6.07) is 10.2. The van der Waals surface area contributed by atoms with E-state index in [1.54, 1.807) is 45.0 Å². The Kier molecular flexibility index (Phi) is 6.79. The van der Waals surface area contributed by atoms with Gasteiger partial charge in [-0.15, -0.1) is 0 Å². The molecule has 1 aromatic carbocycles. The van der Waals surface area contributed by atoms with E-state index in [1.807, 2.05) is 6.07 Å². The number of aromatic nitrogens is 1. The molecule has 2 heterocycles. The van der Waals surface area contributed by atoms with Gasteiger partial charge in [-0.2, -0.15) is 4.31 Å². The molecule has 30 heavy (non-hydrogen) atoms. The molecule has 3 rings (SSSR count). The molecule has 160 valence electrons. The zero-order chi connectivity index (χ0) is 21.9. The summed E-state index contributed by atoms with van der Waals surface area (Å²) in [5.41, 5.74) is 1.26. The van der Waals surface area contributed by atoms with E-state index in [-0.39, 0.29) is 23.3 Å². The average molecular weight is 449 g/mol. The first-order valence-corrected chi connectivity index (χ1v) is 11.9. The van der Waals surface area contributed by atoms with E-state index < -0.39 is 15.3 Å². The van der Waals surface area contributed by atoms with Gasteiger partial charge >= 0.3 is 0 Å². The topological polar surface area (TPSA) is 99.7 Å². The van der Waals surface area contributed by atoms with Crippen LogP contribution in [0.4, 0.5) is 11.4 Å². The molecule has 1 atom stereocenters. The van der Waals surface area contributed by atoms with Gasteiger partial charge in [-0.25, -0.2) is 13.4 Å². The predicted molar refractivity (Wildman–Crippen MR) is 117 cm³/mol. The summed E-state index contributed by atoms with van der Waals surface area (Å²) in [7, 11) is -3.58. The van der Waals surface area contributed by atoms with Gasteiger partial charge in [-0.05, 0) is 31.2 Å². The van der Waals surface area contributed by atoms with Crippen LogP contribution in [0.2, 0.25) is 0 Å². The second-order valence-corrected chi connectivity index (χ2v) is 9.97. The van der Waals surface area contributed by atoms with Gasteiger partial charge < -0.3 is 5.32 Å². The quantitative estimate of drug-likeness (QED) is 0.654. The first kappa shape index (κ1) is 22.3. The molecule has 1 unspecified atom stereocenters. The van der Waals surface area contributed by atoms with Crippen LogP contribution in [-0.2, 0) is 19.6 Å². The van der Waals surface area contributed by atoms with Crippen LogP contribution in [0.5, 0.6) is 0 Å². The highest BCUT2D eigenvalue weighted by atomic mass is 32.2. The maximum Gasteiger partial charge on any atom is 0.244 e. The van der Waals surface area contributed by atoms with Gasteiger partial charge in [0, 0.05) is 19.3 Å². The molecule has 0 bridgehead atoms. The summed E-state index contributed by atoms with van der Waals surface area (Å²) >= 11 is 1.22. The number of para-hydroxylation sites is 2. The van der Waals surface area contributed by atoms with Gasteiger partial charge in [0.05, 0.1) is 21.7 Å². The summed E-state index contributed by atoms with van der Waals surface area (Å²) in [5, 5.41) is 2.78. The Hall–Kier alpha value is -2.43. The molecule has 0 saturated carbocycles. The number of fused-ring (bicyclic) bond motifs is 1. The van der Waals surface area contributed by atoms with Gasteiger partial charge in [-0.3, -0.25) is 14.5 Å². The van der Waals surface area contributed by atoms with E-state index in [0.717, 1.165) is 0 Å². The van der Waals surface area contributed by atoms with Crippen LogP contribution >= 0.6 is 11.8 Å². The SMILES string of the molecule is CCN(CC)S(=O)(=O)c1ccc(SC(C)C(=O)N2CC(=O)Nc3ccccc32)nc1. The molecule has 0 aliphatic carbocycles. The van der Waals surface area contributed by atoms with Crippen molar-refractivity contribution < 1.29 is 18.0 Å². The zero-order valence-electron chi connectivity index (χ0n) is 17.0. The van der Waals surface area contributed by atoms with Crippen molar-refractivity contribution >= 4 is 45.0 Å². The summed E-state index contributed by atoms with van der Waals surface area (Å²) in [5.74, 6) is -0.465. The Morgan fingerprint density at radius 1 is 1.23 bits per heavy atom. The number of carbonyl (C=O) groups excluding carboxylic acids is 2. The van der Waals surface area contributed by atoms with Crippen LogP contribution in [0.1, 0.15) is 20.8 Å². The van der Waals surface area contributed by atoms with Crippen LogP contribution in [0.3, 0.4) is 0 Å². The highest BCUT2D eigenvalue weighted by Crippen LogP contribution is 2.32. The van der Waals surface area contributed by atoms with Crippen molar-refractivity contribution in [3.8, 4) is 0 Å². The van der Waals surface area contributed by atoms with Crippen LogP contribution in [0, 0.1) is 0 Å². The first-order valence-electron chi connectivity index (χ1n) is 9.61. The van der Waals surface area contributed by atoms with Crippen LogP contribution in [0.25, 0.3) is 0 Å². The number of thioether (sulfide) groups is 1. The lowest BCUT2D eigenvalue weighted by Crippen LogP contribution is -2.45. The Morgan fingerprint density at radius 3 is 2.57 bits per heavy atom. The highest BCUT2D eigenvalue weighted by Gasteiger charge is 2.30. The third-order valence-electron chi connectivity index (χ3n) is 4.73. The van der Waals surface area contributed by atoms with Gasteiger partial charge in [0.15, 0.2) is 0 Å². The van der Waals surface area contributed by atoms with Crippen molar-refractivity contribution in [3.63, 3.8) is 0 Å². The van der Waals surface area contributed by atoms with Crippen molar-refractivity contribution in [2.75, 3.05) is 29.9 Å². The number of sulfonamides is 1. The number of hydrogen-bond acceptors (Lipinski definition) is 6. The Bertz CT molecular complexity index is 1040. The monoisotopic (exact) mass is 448 g/mol. The summed E-state index contributed by atoms with van der Waals surface area (Å²) in [6.07, 6.45) is 1.32. The van der Waals surface area contributed by atoms with Crippen LogP contribution < -0.4 is 10.2 Å². The lowest BCUT2D eigenvalue weighted by Gasteiger charge is -2.30. The molecule has 1 aliphatic heterocycles. The van der Waals surface area contributed by atoms with Gasteiger partial charge in [-0.1, -0.05) is 37.7 Å². The maximum absolute atomic E-state index is 13.0. The number of benzene rings is 1. The lowest BCUT2D eigenvalue weighted by atomic mass is 10.2. The number of hydrogen-bond donors (Lipinski definition) is 1. The molecule has 0 radical (unpaired) electrons. The van der Waals surface area contributed by atoms with Gasteiger partial charge in [0.2, 0.25) is 21.8 Å². The largest absolute Gasteiger partial charge is 0.323 e. The minimum atomic E-state index is -3.58. The highest BCUT2D eigenvalue weighted by molar-refractivity contribution is 8.00. The molecular formula is C20H24N4O4S2. The van der Waals surface area contributed by atoms with Gasteiger partial charge in [0.25, 0.3) is 0 Å². The third kappa shape index (κ3) is 4.50. The molecule has 2 aromatic rings. The van der Waals surface area contributed by atoms with Gasteiger partial charge in [0.1, 0.15) is 11.4 Å². The number of amides is 2. The molecule has 1 N–H and O–H groups in total. The minimum absolute atomic E-state index is 0.0464. The Labute approximate surface area is 180 Å². The molecule has 0 spiro atoms. The Balaban J connectivity index is 1.74. The Morgan fingerprint density at radius 2 is 1.93 bits per heavy atom. The predicted octanol–water partition coefficient (Wildman–Crippen LogP) is 2.58. The number of anilines is 2. The molecule has 10 heteroatoms. The number of rotatable bonds is 7. The van der Waals surface area contributed by atoms with E-state index in [9.17, 15) is 18.0 Å². The first-order chi connectivity index (χ1) is 14.3. The number of pyridine rings is 1. The fourth-order valence-corrected chi connectivity index (χ4v) is 5.44. The summed E-state index contributed by atoms with van der Waals surface area (Å²) < 4.78 is 26.5. The normalized spacial score (nSPS) is 14.9. The second-order valence-electron chi connectivity index (χ2n) is 6.67. The third-order valence-corrected chi connectivity index (χ3v) is 7.81. The van der Waals surface area contributed by atoms with Crippen LogP contribution in [0.15, 0.2) is 52.5 Å². The van der Waals surface area contributed by atoms with E-state index >= 15 is 0 Å². The number of carbonyl (C=O) groups is 2. The number of nitrogens with one attached hydrogen (secondary N) is 1. The molecule has 0 fully saturated rings. The minimum Gasteiger partial charge on any atom is -0.323 e. The summed E-state index contributed by atoms with van der Waals surface area (Å²) in [4.78, 5) is 30.8. The summed E-state index contributed by atoms with van der Waals surface area (Å²) in [6.45, 7) is 6.02. The van der Waals surface area contributed by atoms with E-state index in [0.29, 0.717) is 29.5 Å². The lowest BCUT2D eigenvalue weighted by molar-refractivity contribution is -0.121. The maximum atomic E-state index is 13.0. The second kappa shape index (κ2) is 9.15. The zero-order valence-corrected chi connectivity index (χ0v) is 18.7. The fourth-order valence-electron chi connectivity index (χ4n) is 3.18. The van der Waals surface area contributed by atoms with E-state index in [4.69, 9.17) is 0 Å². The van der Waals surface area contributed by atoms with Crippen molar-refractivity contribution in [1.82, 2.24) is 9.29 Å². The van der Waals surface area contributed by atoms with E-state index in [2.05, 4.69) is 10.3 Å². The van der Waals surface area contributed by atoms with Crippen molar-refractivity contribution in [3.05, 3.63) is 42.6 Å². The average Bonchev–Trinajstić information content (AvgIpc) is 2.73. The molecule has 8 nitrogen and oxygen atoms in total. The fraction of sp³-hybridized carbons (Fsp3) is 0.350. The molecule has 0 saturated heterocycles. The number of nitrogens with zero attached hydrogens (tertiary/aromatic N) is 3. The standard InChI is InChI=1S/C20H24N4O4S2/c1-4-23(5-2)30(27,28)15-10-11-19(21-12-15)29-14(3)20(26)24-13-18(25)22-16-8-6-7-9-17(16)24/h6-12,14H,4-5,13H2,1-3H3,(H,22,25). The van der Waals surface area contributed by atoms with E-state index in [1.165, 1.54) is 33.2 Å². The van der Waals surface area contributed by atoms with Crippen molar-refractivity contribution in [2.24, 2.45) is 0 Å². The molecule has 2 amide bonds. The van der Waals surface area contributed by atoms with Crippen molar-refractivity contribution in [1.29, 1.82) is 0 Å². The van der Waals surface area contributed by atoms with Crippen LogP contribution in [-0.4, -0.2) is 54.4 Å². The molecule has 1 aliphatic rings. The smallest absolute Gasteiger partial charge is 0.244 e. The molecular weight excluding hydrogens is 424 g/mol.